The van der Waals surface area contributed by atoms with E-state index in [0.29, 0.717) is 0 Å². The number of anilines is 2. The molecule has 0 atom stereocenters. The van der Waals surface area contributed by atoms with Crippen LogP contribution in [0, 0.1) is 0 Å². The minimum Gasteiger partial charge on any atom is -0.355 e. The molecule has 0 aliphatic carbocycles. The van der Waals surface area contributed by atoms with Gasteiger partial charge in [0.05, 0.1) is 5.52 Å². The Bertz CT molecular complexity index is 995. The number of aromatic nitrogens is 1. The predicted molar refractivity (Wildman–Crippen MR) is 108 cm³/mol. The van der Waals surface area contributed by atoms with Crippen LogP contribution in [-0.4, -0.2) is 4.98 Å². The lowest BCUT2D eigenvalue weighted by Crippen LogP contribution is -1.94. The third-order valence-electron chi connectivity index (χ3n) is 4.19. The average molecular weight is 389 g/mol. The summed E-state index contributed by atoms with van der Waals surface area (Å²) >= 11 is 3.50. The normalized spacial score (nSPS) is 10.8. The lowest BCUT2D eigenvalue weighted by Gasteiger charge is -2.10. The summed E-state index contributed by atoms with van der Waals surface area (Å²) in [4.78, 5) is 4.44. The Morgan fingerprint density at radius 2 is 1.56 bits per heavy atom. The Morgan fingerprint density at radius 1 is 0.800 bits per heavy atom. The van der Waals surface area contributed by atoms with E-state index in [1.807, 2.05) is 30.5 Å². The summed E-state index contributed by atoms with van der Waals surface area (Å²) in [7, 11) is 0. The highest BCUT2D eigenvalue weighted by Gasteiger charge is 2.03. The van der Waals surface area contributed by atoms with Crippen molar-refractivity contribution in [1.82, 2.24) is 4.98 Å². The Labute approximate surface area is 155 Å². The first kappa shape index (κ1) is 15.9. The van der Waals surface area contributed by atoms with E-state index < -0.39 is 0 Å². The van der Waals surface area contributed by atoms with Crippen LogP contribution in [0.3, 0.4) is 0 Å². The van der Waals surface area contributed by atoms with Crippen molar-refractivity contribution < 1.29 is 0 Å². The van der Waals surface area contributed by atoms with Gasteiger partial charge < -0.3 is 5.32 Å². The fourth-order valence-corrected chi connectivity index (χ4v) is 3.27. The third kappa shape index (κ3) is 3.72. The molecule has 1 aromatic heterocycles. The SMILES string of the molecule is Brc1ccc2c(Nc3ccc(Cc4ccccc4)cc3)ccnc2c1. The molecule has 0 unspecified atom stereocenters. The summed E-state index contributed by atoms with van der Waals surface area (Å²) in [6.45, 7) is 0. The number of pyridine rings is 1. The highest BCUT2D eigenvalue weighted by atomic mass is 79.9. The second-order valence-electron chi connectivity index (χ2n) is 6.00. The van der Waals surface area contributed by atoms with Crippen LogP contribution in [0.15, 0.2) is 89.5 Å². The highest BCUT2D eigenvalue weighted by Crippen LogP contribution is 2.27. The van der Waals surface area contributed by atoms with E-state index in [9.17, 15) is 0 Å². The molecule has 3 aromatic carbocycles. The van der Waals surface area contributed by atoms with Crippen molar-refractivity contribution in [3.63, 3.8) is 0 Å². The van der Waals surface area contributed by atoms with Crippen LogP contribution in [0.5, 0.6) is 0 Å². The first-order chi connectivity index (χ1) is 12.3. The molecule has 0 bridgehead atoms. The van der Waals surface area contributed by atoms with E-state index in [-0.39, 0.29) is 0 Å². The van der Waals surface area contributed by atoms with E-state index in [0.717, 1.165) is 33.2 Å². The van der Waals surface area contributed by atoms with Gasteiger partial charge in [0, 0.05) is 27.4 Å². The molecule has 2 nitrogen and oxygen atoms in total. The minimum absolute atomic E-state index is 0.952. The van der Waals surface area contributed by atoms with E-state index in [4.69, 9.17) is 0 Å². The van der Waals surface area contributed by atoms with Gasteiger partial charge in [-0.15, -0.1) is 0 Å². The summed E-state index contributed by atoms with van der Waals surface area (Å²) in [5, 5.41) is 4.61. The van der Waals surface area contributed by atoms with Gasteiger partial charge >= 0.3 is 0 Å². The van der Waals surface area contributed by atoms with Gasteiger partial charge in [-0.2, -0.15) is 0 Å². The van der Waals surface area contributed by atoms with E-state index in [1.54, 1.807) is 0 Å². The molecule has 0 radical (unpaired) electrons. The maximum absolute atomic E-state index is 4.44. The second kappa shape index (κ2) is 7.08. The van der Waals surface area contributed by atoms with Crippen molar-refractivity contribution in [3.05, 3.63) is 101 Å². The van der Waals surface area contributed by atoms with Crippen LogP contribution < -0.4 is 5.32 Å². The zero-order valence-corrected chi connectivity index (χ0v) is 15.2. The van der Waals surface area contributed by atoms with Gasteiger partial charge in [0.1, 0.15) is 0 Å². The minimum atomic E-state index is 0.952. The van der Waals surface area contributed by atoms with E-state index in [1.165, 1.54) is 11.1 Å². The van der Waals surface area contributed by atoms with Crippen LogP contribution in [0.4, 0.5) is 11.4 Å². The number of rotatable bonds is 4. The first-order valence-electron chi connectivity index (χ1n) is 8.22. The number of halogens is 1. The molecule has 4 rings (SSSR count). The zero-order chi connectivity index (χ0) is 17.1. The molecule has 0 saturated heterocycles. The number of benzene rings is 3. The molecule has 3 heteroatoms. The van der Waals surface area contributed by atoms with Crippen molar-refractivity contribution in [1.29, 1.82) is 0 Å². The Balaban J connectivity index is 1.55. The molecule has 0 saturated carbocycles. The maximum atomic E-state index is 4.44. The lowest BCUT2D eigenvalue weighted by atomic mass is 10.0. The van der Waals surface area contributed by atoms with E-state index >= 15 is 0 Å². The van der Waals surface area contributed by atoms with Gasteiger partial charge in [-0.3, -0.25) is 4.98 Å². The molecule has 4 aromatic rings. The molecule has 122 valence electrons. The number of hydrogen-bond acceptors (Lipinski definition) is 2. The largest absolute Gasteiger partial charge is 0.355 e. The summed E-state index contributed by atoms with van der Waals surface area (Å²) in [5.41, 5.74) is 5.75. The van der Waals surface area contributed by atoms with Crippen molar-refractivity contribution in [2.75, 3.05) is 5.32 Å². The smallest absolute Gasteiger partial charge is 0.0734 e. The Morgan fingerprint density at radius 3 is 2.36 bits per heavy atom. The van der Waals surface area contributed by atoms with Crippen molar-refractivity contribution >= 4 is 38.2 Å². The van der Waals surface area contributed by atoms with Gasteiger partial charge in [0.25, 0.3) is 0 Å². The Kier molecular flexibility index (Phi) is 4.49. The predicted octanol–water partition coefficient (Wildman–Crippen LogP) is 6.33. The molecule has 1 heterocycles. The monoisotopic (exact) mass is 388 g/mol. The summed E-state index contributed by atoms with van der Waals surface area (Å²) in [5.74, 6) is 0. The van der Waals surface area contributed by atoms with Gasteiger partial charge in [-0.25, -0.2) is 0 Å². The molecule has 0 aliphatic heterocycles. The number of nitrogens with zero attached hydrogens (tertiary/aromatic N) is 1. The van der Waals surface area contributed by atoms with Crippen molar-refractivity contribution in [2.24, 2.45) is 0 Å². The van der Waals surface area contributed by atoms with Crippen LogP contribution in [0.2, 0.25) is 0 Å². The molecular weight excluding hydrogens is 372 g/mol. The quantitative estimate of drug-likeness (QED) is 0.441. The zero-order valence-electron chi connectivity index (χ0n) is 13.6. The first-order valence-corrected chi connectivity index (χ1v) is 9.01. The molecule has 1 N–H and O–H groups in total. The fraction of sp³-hybridized carbons (Fsp3) is 0.0455. The maximum Gasteiger partial charge on any atom is 0.0734 e. The number of nitrogens with one attached hydrogen (secondary N) is 1. The van der Waals surface area contributed by atoms with Crippen molar-refractivity contribution in [2.45, 2.75) is 6.42 Å². The molecule has 0 fully saturated rings. The molecule has 0 aliphatic rings. The van der Waals surface area contributed by atoms with Crippen LogP contribution >= 0.6 is 15.9 Å². The van der Waals surface area contributed by atoms with Gasteiger partial charge in [0.15, 0.2) is 0 Å². The molecular formula is C22H17BrN2. The molecule has 0 amide bonds. The third-order valence-corrected chi connectivity index (χ3v) is 4.68. The summed E-state index contributed by atoms with van der Waals surface area (Å²) in [6.07, 6.45) is 2.79. The number of hydrogen-bond donors (Lipinski definition) is 1. The van der Waals surface area contributed by atoms with E-state index in [2.05, 4.69) is 80.8 Å². The summed E-state index contributed by atoms with van der Waals surface area (Å²) in [6, 6.07) is 27.3. The van der Waals surface area contributed by atoms with Gasteiger partial charge in [-0.1, -0.05) is 58.4 Å². The standard InChI is InChI=1S/C22H17BrN2/c23-18-8-11-20-21(12-13-24-22(20)15-18)25-19-9-6-17(7-10-19)14-16-4-2-1-3-5-16/h1-13,15H,14H2,(H,24,25). The lowest BCUT2D eigenvalue weighted by molar-refractivity contribution is 1.19. The van der Waals surface area contributed by atoms with Crippen molar-refractivity contribution in [3.8, 4) is 0 Å². The van der Waals surface area contributed by atoms with Crippen LogP contribution in [0.25, 0.3) is 10.9 Å². The molecule has 25 heavy (non-hydrogen) atoms. The fourth-order valence-electron chi connectivity index (χ4n) is 2.92. The summed E-state index contributed by atoms with van der Waals surface area (Å²) < 4.78 is 1.04. The van der Waals surface area contributed by atoms with Gasteiger partial charge in [-0.05, 0) is 53.9 Å². The average Bonchev–Trinajstić information content (AvgIpc) is 2.64. The second-order valence-corrected chi connectivity index (χ2v) is 6.92. The van der Waals surface area contributed by atoms with Crippen LogP contribution in [-0.2, 0) is 6.42 Å². The Hall–Kier alpha value is -2.65. The van der Waals surface area contributed by atoms with Crippen LogP contribution in [0.1, 0.15) is 11.1 Å². The van der Waals surface area contributed by atoms with Gasteiger partial charge in [0.2, 0.25) is 0 Å². The topological polar surface area (TPSA) is 24.9 Å². The number of fused-ring (bicyclic) bond motifs is 1. The highest BCUT2D eigenvalue weighted by molar-refractivity contribution is 9.10. The molecule has 0 spiro atoms.